The highest BCUT2D eigenvalue weighted by Gasteiger charge is 2.31. The van der Waals surface area contributed by atoms with Crippen molar-refractivity contribution >= 4 is 44.7 Å². The van der Waals surface area contributed by atoms with E-state index in [0.717, 1.165) is 42.5 Å². The second-order valence-corrected chi connectivity index (χ2v) is 7.32. The molecule has 0 bridgehead atoms. The Morgan fingerprint density at radius 2 is 1.67 bits per heavy atom. The van der Waals surface area contributed by atoms with Crippen LogP contribution in [0.1, 0.15) is 0 Å². The predicted octanol–water partition coefficient (Wildman–Crippen LogP) is 2.44. The molecule has 1 N–H and O–H groups in total. The summed E-state index contributed by atoms with van der Waals surface area (Å²) in [7, 11) is -4.63. The van der Waals surface area contributed by atoms with Crippen molar-refractivity contribution in [2.24, 2.45) is 0 Å². The molecule has 0 aromatic heterocycles. The third kappa shape index (κ3) is 4.30. The summed E-state index contributed by atoms with van der Waals surface area (Å²) in [6.45, 7) is -1.11. The van der Waals surface area contributed by atoms with E-state index in [0.29, 0.717) is 4.31 Å². The van der Waals surface area contributed by atoms with Gasteiger partial charge in [-0.25, -0.2) is 8.42 Å². The molecule has 0 saturated carbocycles. The van der Waals surface area contributed by atoms with Crippen molar-refractivity contribution in [1.82, 2.24) is 0 Å². The normalized spacial score (nSPS) is 11.0. The average Bonchev–Trinajstić information content (AvgIpc) is 2.60. The molecule has 0 saturated heterocycles. The molecule has 2 rings (SSSR count). The Hall–Kier alpha value is -3.25. The van der Waals surface area contributed by atoms with Gasteiger partial charge in [-0.3, -0.25) is 29.3 Å². The summed E-state index contributed by atoms with van der Waals surface area (Å²) in [6, 6.07) is 6.82. The molecule has 13 heteroatoms. The Morgan fingerprint density at radius 3 is 2.22 bits per heavy atom. The number of hydrogen-bond acceptors (Lipinski definition) is 7. The minimum Gasteiger partial charge on any atom is -0.480 e. The van der Waals surface area contributed by atoms with Gasteiger partial charge in [0.05, 0.1) is 25.5 Å². The zero-order chi connectivity index (χ0) is 20.4. The first kappa shape index (κ1) is 20.1. The molecule has 0 fully saturated rings. The molecular formula is C14H10ClN3O8S. The molecule has 0 amide bonds. The van der Waals surface area contributed by atoms with Gasteiger partial charge in [0, 0.05) is 24.3 Å². The molecule has 0 heterocycles. The lowest BCUT2D eigenvalue weighted by atomic mass is 10.3. The third-order valence-electron chi connectivity index (χ3n) is 3.30. The van der Waals surface area contributed by atoms with E-state index in [9.17, 15) is 33.4 Å². The second-order valence-electron chi connectivity index (χ2n) is 5.05. The standard InChI is InChI=1S/C14H10ClN3O8S/c15-12-5-4-10(18(23)24)7-13(12)16(8-14(19)20)27(25,26)11-3-1-2-9(6-11)17(21)22/h1-7H,8H2,(H,19,20). The lowest BCUT2D eigenvalue weighted by Crippen LogP contribution is -2.36. The van der Waals surface area contributed by atoms with Crippen LogP contribution >= 0.6 is 11.6 Å². The average molecular weight is 416 g/mol. The molecular weight excluding hydrogens is 406 g/mol. The van der Waals surface area contributed by atoms with Crippen LogP contribution in [-0.4, -0.2) is 35.9 Å². The lowest BCUT2D eigenvalue weighted by Gasteiger charge is -2.23. The smallest absolute Gasteiger partial charge is 0.324 e. The van der Waals surface area contributed by atoms with Gasteiger partial charge in [-0.1, -0.05) is 17.7 Å². The molecule has 0 radical (unpaired) electrons. The van der Waals surface area contributed by atoms with E-state index in [1.54, 1.807) is 0 Å². The Balaban J connectivity index is 2.68. The van der Waals surface area contributed by atoms with Crippen LogP contribution in [0, 0.1) is 20.2 Å². The van der Waals surface area contributed by atoms with Gasteiger partial charge in [0.25, 0.3) is 21.4 Å². The first-order chi connectivity index (χ1) is 12.5. The van der Waals surface area contributed by atoms with Crippen LogP contribution in [0.15, 0.2) is 47.4 Å². The SMILES string of the molecule is O=C(O)CN(c1cc([N+](=O)[O-])ccc1Cl)S(=O)(=O)c1cccc([N+](=O)[O-])c1. The van der Waals surface area contributed by atoms with Gasteiger partial charge in [-0.2, -0.15) is 0 Å². The van der Waals surface area contributed by atoms with Gasteiger partial charge < -0.3 is 5.11 Å². The maximum atomic E-state index is 12.9. The van der Waals surface area contributed by atoms with E-state index >= 15 is 0 Å². The molecule has 27 heavy (non-hydrogen) atoms. The number of carboxylic acid groups (broad SMARTS) is 1. The van der Waals surface area contributed by atoms with E-state index in [1.165, 1.54) is 0 Å². The van der Waals surface area contributed by atoms with Crippen molar-refractivity contribution in [3.8, 4) is 0 Å². The molecule has 2 aromatic rings. The second kappa shape index (κ2) is 7.55. The summed E-state index contributed by atoms with van der Waals surface area (Å²) in [5, 5.41) is 30.7. The zero-order valence-corrected chi connectivity index (χ0v) is 14.8. The number of carbonyl (C=O) groups is 1. The minimum absolute atomic E-state index is 0.254. The van der Waals surface area contributed by atoms with Crippen molar-refractivity contribution in [3.05, 3.63) is 67.7 Å². The molecule has 0 aliphatic heterocycles. The maximum absolute atomic E-state index is 12.9. The highest BCUT2D eigenvalue weighted by Crippen LogP contribution is 2.34. The van der Waals surface area contributed by atoms with Gasteiger partial charge in [-0.05, 0) is 12.1 Å². The van der Waals surface area contributed by atoms with E-state index in [2.05, 4.69) is 0 Å². The lowest BCUT2D eigenvalue weighted by molar-refractivity contribution is -0.385. The van der Waals surface area contributed by atoms with Crippen LogP contribution in [0.4, 0.5) is 17.1 Å². The van der Waals surface area contributed by atoms with Crippen molar-refractivity contribution in [3.63, 3.8) is 0 Å². The van der Waals surface area contributed by atoms with Crippen LogP contribution in [0.3, 0.4) is 0 Å². The summed E-state index contributed by atoms with van der Waals surface area (Å²) in [5.74, 6) is -1.56. The first-order valence-electron chi connectivity index (χ1n) is 6.97. The summed E-state index contributed by atoms with van der Waals surface area (Å²) in [4.78, 5) is 30.8. The number of sulfonamides is 1. The maximum Gasteiger partial charge on any atom is 0.324 e. The van der Waals surface area contributed by atoms with E-state index in [-0.39, 0.29) is 5.02 Å². The number of hydrogen-bond donors (Lipinski definition) is 1. The molecule has 0 spiro atoms. The number of halogens is 1. The highest BCUT2D eigenvalue weighted by molar-refractivity contribution is 7.92. The van der Waals surface area contributed by atoms with Gasteiger partial charge in [0.15, 0.2) is 0 Å². The number of nitrogens with zero attached hydrogens (tertiary/aromatic N) is 3. The first-order valence-corrected chi connectivity index (χ1v) is 8.79. The van der Waals surface area contributed by atoms with Gasteiger partial charge >= 0.3 is 5.97 Å². The highest BCUT2D eigenvalue weighted by atomic mass is 35.5. The topological polar surface area (TPSA) is 161 Å². The Bertz CT molecular complexity index is 1040. The number of benzene rings is 2. The molecule has 142 valence electrons. The summed E-state index contributed by atoms with van der Waals surface area (Å²) >= 11 is 5.92. The predicted molar refractivity (Wildman–Crippen MR) is 93.4 cm³/mol. The Labute approximate surface area is 156 Å². The quantitative estimate of drug-likeness (QED) is 0.532. The number of nitro groups is 2. The summed E-state index contributed by atoms with van der Waals surface area (Å²) in [6.07, 6.45) is 0. The molecule has 0 aliphatic rings. The van der Waals surface area contributed by atoms with Crippen LogP contribution < -0.4 is 4.31 Å². The van der Waals surface area contributed by atoms with Gasteiger partial charge in [0.1, 0.15) is 6.54 Å². The van der Waals surface area contributed by atoms with Crippen LogP contribution in [-0.2, 0) is 14.8 Å². The van der Waals surface area contributed by atoms with Gasteiger partial charge in [0.2, 0.25) is 0 Å². The molecule has 0 unspecified atom stereocenters. The monoisotopic (exact) mass is 415 g/mol. The summed E-state index contributed by atoms with van der Waals surface area (Å²) < 4.78 is 26.1. The molecule has 2 aromatic carbocycles. The largest absolute Gasteiger partial charge is 0.480 e. The number of aliphatic carboxylic acids is 1. The van der Waals surface area contributed by atoms with E-state index in [4.69, 9.17) is 16.7 Å². The number of non-ortho nitro benzene ring substituents is 2. The summed E-state index contributed by atoms with van der Waals surface area (Å²) in [5.41, 5.74) is -1.49. The molecule has 11 nitrogen and oxygen atoms in total. The number of carboxylic acids is 1. The van der Waals surface area contributed by atoms with Gasteiger partial charge in [-0.15, -0.1) is 0 Å². The zero-order valence-electron chi connectivity index (χ0n) is 13.2. The minimum atomic E-state index is -4.63. The Kier molecular flexibility index (Phi) is 5.61. The number of anilines is 1. The third-order valence-corrected chi connectivity index (χ3v) is 5.38. The fourth-order valence-electron chi connectivity index (χ4n) is 2.11. The number of rotatable bonds is 7. The van der Waals surface area contributed by atoms with Crippen molar-refractivity contribution < 1.29 is 28.2 Å². The van der Waals surface area contributed by atoms with Crippen LogP contribution in [0.2, 0.25) is 5.02 Å². The molecule has 0 aliphatic carbocycles. The van der Waals surface area contributed by atoms with E-state index in [1.807, 2.05) is 0 Å². The van der Waals surface area contributed by atoms with Crippen molar-refractivity contribution in [2.75, 3.05) is 10.8 Å². The fraction of sp³-hybridized carbons (Fsp3) is 0.0714. The Morgan fingerprint density at radius 1 is 1.07 bits per heavy atom. The molecule has 0 atom stereocenters. The van der Waals surface area contributed by atoms with Crippen LogP contribution in [0.5, 0.6) is 0 Å². The fourth-order valence-corrected chi connectivity index (χ4v) is 3.85. The van der Waals surface area contributed by atoms with Crippen molar-refractivity contribution in [1.29, 1.82) is 0 Å². The van der Waals surface area contributed by atoms with Crippen LogP contribution in [0.25, 0.3) is 0 Å². The van der Waals surface area contributed by atoms with E-state index < -0.39 is 54.3 Å². The van der Waals surface area contributed by atoms with Crippen molar-refractivity contribution in [2.45, 2.75) is 4.90 Å². The number of nitro benzene ring substituents is 2.